The van der Waals surface area contributed by atoms with E-state index in [0.717, 1.165) is 29.5 Å². The van der Waals surface area contributed by atoms with Crippen LogP contribution in [0.2, 0.25) is 0 Å². The lowest BCUT2D eigenvalue weighted by atomic mass is 10.1. The third-order valence-electron chi connectivity index (χ3n) is 4.96. The molecule has 0 radical (unpaired) electrons. The third kappa shape index (κ3) is 4.55. The van der Waals surface area contributed by atoms with Gasteiger partial charge in [-0.25, -0.2) is 8.42 Å². The highest BCUT2D eigenvalue weighted by Crippen LogP contribution is 2.48. The molecule has 1 saturated carbocycles. The summed E-state index contributed by atoms with van der Waals surface area (Å²) in [4.78, 5) is 12.6. The maximum absolute atomic E-state index is 12.6. The minimum atomic E-state index is -4.37. The fourth-order valence-corrected chi connectivity index (χ4v) is 3.81. The molecule has 2 aromatic carbocycles. The number of amides is 1. The number of rotatable bonds is 5. The summed E-state index contributed by atoms with van der Waals surface area (Å²) < 4.78 is 60.9. The molecule has 1 amide bonds. The van der Waals surface area contributed by atoms with Crippen LogP contribution in [0.4, 0.5) is 13.2 Å². The number of hydrogen-bond acceptors (Lipinski definition) is 3. The summed E-state index contributed by atoms with van der Waals surface area (Å²) >= 11 is 0. The van der Waals surface area contributed by atoms with Crippen LogP contribution >= 0.6 is 0 Å². The van der Waals surface area contributed by atoms with Gasteiger partial charge in [-0.15, -0.1) is 0 Å². The van der Waals surface area contributed by atoms with Gasteiger partial charge in [0, 0.05) is 12.2 Å². The second kappa shape index (κ2) is 7.24. The average Bonchev–Trinajstić information content (AvgIpc) is 3.41. The predicted molar refractivity (Wildman–Crippen MR) is 98.4 cm³/mol. The molecule has 1 N–H and O–H groups in total. The van der Waals surface area contributed by atoms with Crippen molar-refractivity contribution in [1.29, 1.82) is 0 Å². The van der Waals surface area contributed by atoms with Crippen molar-refractivity contribution in [3.8, 4) is 0 Å². The van der Waals surface area contributed by atoms with Crippen molar-refractivity contribution in [1.82, 2.24) is 5.32 Å². The monoisotopic (exact) mass is 411 g/mol. The first-order chi connectivity index (χ1) is 13.0. The lowest BCUT2D eigenvalue weighted by molar-refractivity contribution is -0.137. The summed E-state index contributed by atoms with van der Waals surface area (Å²) in [5.74, 6) is -0.513. The molecule has 3 atom stereocenters. The van der Waals surface area contributed by atoms with Crippen LogP contribution in [0.25, 0.3) is 0 Å². The maximum atomic E-state index is 12.6. The molecule has 0 saturated heterocycles. The molecule has 4 nitrogen and oxygen atoms in total. The van der Waals surface area contributed by atoms with Gasteiger partial charge in [0.1, 0.15) is 0 Å². The minimum absolute atomic E-state index is 0.0814. The van der Waals surface area contributed by atoms with Gasteiger partial charge in [0.15, 0.2) is 9.84 Å². The number of sulfone groups is 1. The van der Waals surface area contributed by atoms with E-state index in [-0.39, 0.29) is 28.7 Å². The highest BCUT2D eigenvalue weighted by atomic mass is 32.2. The Labute approximate surface area is 161 Å². The Hall–Kier alpha value is -2.35. The van der Waals surface area contributed by atoms with E-state index in [1.54, 1.807) is 19.1 Å². The first-order valence-electron chi connectivity index (χ1n) is 8.74. The fraction of sp³-hybridized carbons (Fsp3) is 0.350. The number of alkyl halides is 3. The molecule has 1 aliphatic rings. The Balaban J connectivity index is 1.60. The van der Waals surface area contributed by atoms with Gasteiger partial charge in [-0.1, -0.05) is 24.3 Å². The van der Waals surface area contributed by atoms with Crippen LogP contribution < -0.4 is 5.32 Å². The first kappa shape index (κ1) is 20.4. The number of hydrogen-bond donors (Lipinski definition) is 1. The minimum Gasteiger partial charge on any atom is -0.349 e. The summed E-state index contributed by atoms with van der Waals surface area (Å²) in [6.07, 6.45) is -2.65. The van der Waals surface area contributed by atoms with E-state index in [9.17, 15) is 26.4 Å². The highest BCUT2D eigenvalue weighted by molar-refractivity contribution is 7.90. The lowest BCUT2D eigenvalue weighted by Crippen LogP contribution is -2.28. The Bertz CT molecular complexity index is 967. The number of nitrogens with one attached hydrogen (secondary N) is 1. The van der Waals surface area contributed by atoms with E-state index in [0.29, 0.717) is 6.42 Å². The van der Waals surface area contributed by atoms with Crippen LogP contribution in [0.3, 0.4) is 0 Å². The van der Waals surface area contributed by atoms with Crippen LogP contribution in [0.1, 0.15) is 42.0 Å². The van der Waals surface area contributed by atoms with Crippen molar-refractivity contribution >= 4 is 15.7 Å². The van der Waals surface area contributed by atoms with Crippen molar-refractivity contribution in [2.24, 2.45) is 5.92 Å². The van der Waals surface area contributed by atoms with Crippen LogP contribution in [0, 0.1) is 5.92 Å². The second-order valence-corrected chi connectivity index (χ2v) is 9.16. The highest BCUT2D eigenvalue weighted by Gasteiger charge is 2.44. The second-order valence-electron chi connectivity index (χ2n) is 7.14. The van der Waals surface area contributed by atoms with Crippen molar-refractivity contribution in [3.63, 3.8) is 0 Å². The van der Waals surface area contributed by atoms with Crippen molar-refractivity contribution in [3.05, 3.63) is 65.2 Å². The zero-order valence-corrected chi connectivity index (χ0v) is 16.1. The molecule has 2 aromatic rings. The number of carbonyl (C=O) groups excluding carboxylic acids is 1. The molecule has 0 spiro atoms. The Morgan fingerprint density at radius 3 is 2.14 bits per heavy atom. The molecular formula is C20H20F3NO3S. The molecule has 0 heterocycles. The van der Waals surface area contributed by atoms with Crippen molar-refractivity contribution in [2.75, 3.05) is 6.26 Å². The van der Waals surface area contributed by atoms with Gasteiger partial charge in [-0.05, 0) is 54.7 Å². The van der Waals surface area contributed by atoms with Gasteiger partial charge in [-0.2, -0.15) is 13.2 Å². The molecule has 0 aromatic heterocycles. The van der Waals surface area contributed by atoms with Gasteiger partial charge >= 0.3 is 6.18 Å². The maximum Gasteiger partial charge on any atom is 0.416 e. The predicted octanol–water partition coefficient (Wildman–Crippen LogP) is 4.09. The summed E-state index contributed by atoms with van der Waals surface area (Å²) in [6.45, 7) is 1.79. The SMILES string of the molecule is C[C@H](NC(=O)[C@H]1C[C@@H]1c1ccc(C(F)(F)F)cc1)c1ccc(S(C)(=O)=O)cc1. The molecule has 0 bridgehead atoms. The Morgan fingerprint density at radius 1 is 1.07 bits per heavy atom. The van der Waals surface area contributed by atoms with Gasteiger partial charge < -0.3 is 5.32 Å². The summed E-state index contributed by atoms with van der Waals surface area (Å²) in [5.41, 5.74) is 0.787. The van der Waals surface area contributed by atoms with Crippen molar-refractivity contribution in [2.45, 2.75) is 36.4 Å². The molecule has 150 valence electrons. The Morgan fingerprint density at radius 2 is 1.64 bits per heavy atom. The Kier molecular flexibility index (Phi) is 5.27. The molecule has 28 heavy (non-hydrogen) atoms. The zero-order valence-electron chi connectivity index (χ0n) is 15.3. The van der Waals surface area contributed by atoms with Crippen LogP contribution in [0.15, 0.2) is 53.4 Å². The molecule has 1 fully saturated rings. The molecule has 1 aliphatic carbocycles. The van der Waals surface area contributed by atoms with Gasteiger partial charge in [-0.3, -0.25) is 4.79 Å². The van der Waals surface area contributed by atoms with Crippen LogP contribution in [-0.2, 0) is 20.8 Å². The summed E-state index contributed by atoms with van der Waals surface area (Å²) in [6, 6.07) is 10.9. The zero-order chi connectivity index (χ0) is 20.7. The molecule has 8 heteroatoms. The molecule has 3 rings (SSSR count). The topological polar surface area (TPSA) is 63.2 Å². The molecular weight excluding hydrogens is 391 g/mol. The number of halogens is 3. The first-order valence-corrected chi connectivity index (χ1v) is 10.6. The van der Waals surface area contributed by atoms with Crippen LogP contribution in [-0.4, -0.2) is 20.6 Å². The van der Waals surface area contributed by atoms with Gasteiger partial charge in [0.05, 0.1) is 16.5 Å². The van der Waals surface area contributed by atoms with E-state index in [1.165, 1.54) is 24.3 Å². The quantitative estimate of drug-likeness (QED) is 0.806. The fourth-order valence-electron chi connectivity index (χ4n) is 3.18. The normalized spacial score (nSPS) is 20.5. The molecule has 0 unspecified atom stereocenters. The summed E-state index contributed by atoms with van der Waals surface area (Å²) in [7, 11) is -3.28. The van der Waals surface area contributed by atoms with E-state index in [1.807, 2.05) is 0 Å². The molecule has 0 aliphatic heterocycles. The van der Waals surface area contributed by atoms with Crippen molar-refractivity contribution < 1.29 is 26.4 Å². The standard InChI is InChI=1S/C20H20F3NO3S/c1-12(13-5-9-16(10-6-13)28(2,26)27)24-19(25)18-11-17(18)14-3-7-15(8-4-14)20(21,22)23/h3-10,12,17-18H,11H2,1-2H3,(H,24,25)/t12-,17+,18-/m0/s1. The number of carbonyl (C=O) groups is 1. The van der Waals surface area contributed by atoms with E-state index in [4.69, 9.17) is 0 Å². The third-order valence-corrected chi connectivity index (χ3v) is 6.09. The smallest absolute Gasteiger partial charge is 0.349 e. The lowest BCUT2D eigenvalue weighted by Gasteiger charge is -2.15. The van der Waals surface area contributed by atoms with Gasteiger partial charge in [0.25, 0.3) is 0 Å². The van der Waals surface area contributed by atoms with E-state index >= 15 is 0 Å². The summed E-state index contributed by atoms with van der Waals surface area (Å²) in [5, 5.41) is 2.88. The van der Waals surface area contributed by atoms with E-state index in [2.05, 4.69) is 5.32 Å². The van der Waals surface area contributed by atoms with Gasteiger partial charge in [0.2, 0.25) is 5.91 Å². The van der Waals surface area contributed by atoms with Crippen LogP contribution in [0.5, 0.6) is 0 Å². The average molecular weight is 411 g/mol. The number of benzene rings is 2. The van der Waals surface area contributed by atoms with E-state index < -0.39 is 21.6 Å². The largest absolute Gasteiger partial charge is 0.416 e.